The van der Waals surface area contributed by atoms with Crippen LogP contribution in [0.3, 0.4) is 0 Å². The summed E-state index contributed by atoms with van der Waals surface area (Å²) in [5.41, 5.74) is 1.23. The second-order valence-corrected chi connectivity index (χ2v) is 9.20. The van der Waals surface area contributed by atoms with Crippen LogP contribution in [0.4, 0.5) is 27.5 Å². The highest BCUT2D eigenvalue weighted by Crippen LogP contribution is 2.43. The van der Waals surface area contributed by atoms with Gasteiger partial charge in [-0.2, -0.15) is 10.5 Å². The second kappa shape index (κ2) is 10.5. The van der Waals surface area contributed by atoms with E-state index in [2.05, 4.69) is 31.9 Å². The number of hydrogen-bond acceptors (Lipinski definition) is 5. The molecular weight excluding hydrogens is 588 g/mol. The van der Waals surface area contributed by atoms with Crippen molar-refractivity contribution in [1.29, 1.82) is 10.5 Å². The van der Waals surface area contributed by atoms with Gasteiger partial charge < -0.3 is 10.2 Å². The topological polar surface area (TPSA) is 112 Å². The van der Waals surface area contributed by atoms with Crippen molar-refractivity contribution in [2.75, 3.05) is 9.80 Å². The summed E-state index contributed by atoms with van der Waals surface area (Å²) in [4.78, 5) is 16.9. The van der Waals surface area contributed by atoms with Crippen LogP contribution in [-0.2, 0) is 0 Å². The van der Waals surface area contributed by atoms with E-state index in [0.717, 1.165) is 4.90 Å². The van der Waals surface area contributed by atoms with Gasteiger partial charge in [0.1, 0.15) is 11.5 Å². The number of hydrogen-bond donors (Lipinski definition) is 2. The number of urea groups is 1. The lowest BCUT2D eigenvalue weighted by Gasteiger charge is -2.32. The van der Waals surface area contributed by atoms with E-state index in [4.69, 9.17) is 0 Å². The van der Waals surface area contributed by atoms with Gasteiger partial charge in [-0.3, -0.25) is 9.80 Å². The molecule has 0 radical (unpaired) electrons. The van der Waals surface area contributed by atoms with Crippen LogP contribution in [0.5, 0.6) is 11.5 Å². The monoisotopic (exact) mass is 602 g/mol. The minimum absolute atomic E-state index is 0.0476. The summed E-state index contributed by atoms with van der Waals surface area (Å²) < 4.78 is 1.22. The van der Waals surface area contributed by atoms with Crippen LogP contribution in [0.15, 0.2) is 93.9 Å². The summed E-state index contributed by atoms with van der Waals surface area (Å²) in [6.45, 7) is 0. The number of para-hydroxylation sites is 2. The first kappa shape index (κ1) is 24.8. The second-order valence-electron chi connectivity index (χ2n) is 7.49. The predicted octanol–water partition coefficient (Wildman–Crippen LogP) is 7.46. The number of phenolic OH excluding ortho intramolecular Hbond substituents is 2. The molecule has 0 heterocycles. The molecule has 0 unspecified atom stereocenters. The largest absolute Gasteiger partial charge is 0.506 e. The zero-order chi connectivity index (χ0) is 25.8. The molecule has 9 heteroatoms. The van der Waals surface area contributed by atoms with Gasteiger partial charge in [-0.05, 0) is 92.5 Å². The van der Waals surface area contributed by atoms with Crippen LogP contribution in [0.25, 0.3) is 0 Å². The van der Waals surface area contributed by atoms with Crippen molar-refractivity contribution in [3.8, 4) is 23.6 Å². The van der Waals surface area contributed by atoms with E-state index in [0.29, 0.717) is 20.3 Å². The van der Waals surface area contributed by atoms with Gasteiger partial charge >= 0.3 is 6.03 Å². The minimum atomic E-state index is -0.690. The van der Waals surface area contributed by atoms with Crippen molar-refractivity contribution in [2.45, 2.75) is 0 Å². The van der Waals surface area contributed by atoms with Crippen molar-refractivity contribution in [2.24, 2.45) is 0 Å². The Morgan fingerprint density at radius 3 is 1.42 bits per heavy atom. The van der Waals surface area contributed by atoms with Gasteiger partial charge in [0.2, 0.25) is 0 Å². The molecule has 0 aliphatic carbocycles. The Balaban J connectivity index is 2.04. The Morgan fingerprint density at radius 1 is 0.639 bits per heavy atom. The van der Waals surface area contributed by atoms with Crippen molar-refractivity contribution in [3.63, 3.8) is 0 Å². The molecule has 0 atom stereocenters. The number of nitrogens with zero attached hydrogens (tertiary/aromatic N) is 4. The highest BCUT2D eigenvalue weighted by molar-refractivity contribution is 9.11. The Kier molecular flexibility index (Phi) is 7.25. The number of aromatic hydroxyl groups is 2. The highest BCUT2D eigenvalue weighted by Gasteiger charge is 2.32. The average Bonchev–Trinajstić information content (AvgIpc) is 2.88. The maximum absolute atomic E-state index is 14.5. The fourth-order valence-electron chi connectivity index (χ4n) is 3.58. The number of phenols is 2. The van der Waals surface area contributed by atoms with Crippen molar-refractivity contribution in [3.05, 3.63) is 105 Å². The van der Waals surface area contributed by atoms with E-state index >= 15 is 0 Å². The number of halogens is 2. The molecule has 2 N–H and O–H groups in total. The van der Waals surface area contributed by atoms with Gasteiger partial charge in [-0.15, -0.1) is 0 Å². The summed E-state index contributed by atoms with van der Waals surface area (Å²) in [6, 6.07) is 25.5. The van der Waals surface area contributed by atoms with Gasteiger partial charge in [0.15, 0.2) is 0 Å². The summed E-state index contributed by atoms with van der Waals surface area (Å²) in [6.07, 6.45) is 0. The van der Waals surface area contributed by atoms with Crippen LogP contribution in [-0.4, -0.2) is 16.2 Å². The Hall–Kier alpha value is -4.31. The molecule has 0 saturated heterocycles. The number of nitriles is 2. The van der Waals surface area contributed by atoms with Crippen LogP contribution in [0, 0.1) is 22.7 Å². The van der Waals surface area contributed by atoms with E-state index in [1.807, 2.05) is 12.1 Å². The quantitative estimate of drug-likeness (QED) is 0.251. The molecule has 2 amide bonds. The Morgan fingerprint density at radius 2 is 1.03 bits per heavy atom. The lowest BCUT2D eigenvalue weighted by molar-refractivity contribution is 0.255. The third-order valence-corrected chi connectivity index (χ3v) is 6.60. The lowest BCUT2D eigenvalue weighted by Crippen LogP contribution is -2.38. The number of rotatable bonds is 4. The zero-order valence-electron chi connectivity index (χ0n) is 18.4. The van der Waals surface area contributed by atoms with Gasteiger partial charge in [-0.25, -0.2) is 4.79 Å². The Labute approximate surface area is 223 Å². The number of carbonyl (C=O) groups is 1. The molecule has 0 fully saturated rings. The number of carbonyl (C=O) groups excluding carboxylic acids is 1. The molecule has 176 valence electrons. The van der Waals surface area contributed by atoms with Crippen molar-refractivity contribution >= 4 is 60.6 Å². The zero-order valence-corrected chi connectivity index (χ0v) is 21.6. The maximum Gasteiger partial charge on any atom is 0.338 e. The molecule has 0 aliphatic heterocycles. The van der Waals surface area contributed by atoms with Gasteiger partial charge in [0, 0.05) is 8.95 Å². The first-order valence-corrected chi connectivity index (χ1v) is 12.0. The van der Waals surface area contributed by atoms with Gasteiger partial charge in [0.05, 0.1) is 46.0 Å². The molecule has 0 aliphatic rings. The number of amides is 2. The molecule has 4 aromatic rings. The molecule has 0 saturated carbocycles. The molecule has 0 spiro atoms. The summed E-state index contributed by atoms with van der Waals surface area (Å²) in [5, 5.41) is 40.5. The molecule has 0 aromatic heterocycles. The number of benzene rings is 4. The SMILES string of the molecule is N#Cc1ccc(O)c(N(C(=O)N(c2ccccc2Br)c2ccccc2Br)c2cc(C#N)ccc2O)c1. The van der Waals surface area contributed by atoms with Crippen LogP contribution < -0.4 is 9.80 Å². The molecule has 4 aromatic carbocycles. The van der Waals surface area contributed by atoms with Crippen LogP contribution >= 0.6 is 31.9 Å². The van der Waals surface area contributed by atoms with Gasteiger partial charge in [-0.1, -0.05) is 24.3 Å². The van der Waals surface area contributed by atoms with E-state index in [1.54, 1.807) is 48.5 Å². The minimum Gasteiger partial charge on any atom is -0.506 e. The smallest absolute Gasteiger partial charge is 0.338 e. The average molecular weight is 604 g/mol. The highest BCUT2D eigenvalue weighted by atomic mass is 79.9. The third-order valence-electron chi connectivity index (χ3n) is 5.26. The predicted molar refractivity (Wildman–Crippen MR) is 144 cm³/mol. The van der Waals surface area contributed by atoms with Crippen LogP contribution in [0.2, 0.25) is 0 Å². The lowest BCUT2D eigenvalue weighted by atomic mass is 10.1. The summed E-state index contributed by atoms with van der Waals surface area (Å²) in [5.74, 6) is -0.605. The first-order valence-electron chi connectivity index (χ1n) is 10.4. The van der Waals surface area contributed by atoms with E-state index < -0.39 is 6.03 Å². The summed E-state index contributed by atoms with van der Waals surface area (Å²) in [7, 11) is 0. The third kappa shape index (κ3) is 4.76. The van der Waals surface area contributed by atoms with Crippen molar-refractivity contribution < 1.29 is 15.0 Å². The Bertz CT molecular complexity index is 1450. The fourth-order valence-corrected chi connectivity index (χ4v) is 4.51. The molecule has 36 heavy (non-hydrogen) atoms. The van der Waals surface area contributed by atoms with E-state index in [9.17, 15) is 25.5 Å². The maximum atomic E-state index is 14.5. The van der Waals surface area contributed by atoms with Crippen LogP contribution in [0.1, 0.15) is 11.1 Å². The fraction of sp³-hybridized carbons (Fsp3) is 0. The van der Waals surface area contributed by atoms with Crippen molar-refractivity contribution in [1.82, 2.24) is 0 Å². The number of anilines is 4. The summed E-state index contributed by atoms with van der Waals surface area (Å²) >= 11 is 7.02. The van der Waals surface area contributed by atoms with E-state index in [-0.39, 0.29) is 34.0 Å². The molecule has 0 bridgehead atoms. The standard InChI is InChI=1S/C27H16Br2N4O3/c28-19-5-1-3-7-21(19)32(22-8-4-2-6-20(22)29)27(36)33(23-13-17(15-30)9-11-25(23)34)24-14-18(16-31)10-12-26(24)35/h1-14,34-35H. The van der Waals surface area contributed by atoms with Gasteiger partial charge in [0.25, 0.3) is 0 Å². The molecular formula is C27H16Br2N4O3. The molecule has 7 nitrogen and oxygen atoms in total. The molecule has 4 rings (SSSR count). The normalized spacial score (nSPS) is 10.2. The first-order chi connectivity index (χ1) is 17.3. The van der Waals surface area contributed by atoms with E-state index in [1.165, 1.54) is 41.3 Å².